The van der Waals surface area contributed by atoms with Crippen LogP contribution in [0.2, 0.25) is 0 Å². The van der Waals surface area contributed by atoms with Crippen molar-refractivity contribution in [3.8, 4) is 0 Å². The van der Waals surface area contributed by atoms with Crippen LogP contribution in [-0.2, 0) is 16.0 Å². The van der Waals surface area contributed by atoms with Crippen LogP contribution in [0.15, 0.2) is 18.3 Å². The Morgan fingerprint density at radius 1 is 1.19 bits per heavy atom. The number of nitrogens with one attached hydrogen (secondary N) is 1. The lowest BCUT2D eigenvalue weighted by molar-refractivity contribution is -0.181. The second-order valence-corrected chi connectivity index (χ2v) is 7.95. The van der Waals surface area contributed by atoms with E-state index in [1.165, 1.54) is 12.8 Å². The van der Waals surface area contributed by atoms with E-state index in [1.807, 2.05) is 11.1 Å². The van der Waals surface area contributed by atoms with E-state index >= 15 is 0 Å². The molecule has 4 rings (SSSR count). The van der Waals surface area contributed by atoms with Gasteiger partial charge in [0.05, 0.1) is 13.2 Å². The van der Waals surface area contributed by atoms with E-state index in [4.69, 9.17) is 9.47 Å². The first-order chi connectivity index (χ1) is 13.1. The molecule has 0 atom stereocenters. The summed E-state index contributed by atoms with van der Waals surface area (Å²) < 4.78 is 11.4. The zero-order chi connectivity index (χ0) is 18.7. The second kappa shape index (κ2) is 8.02. The lowest BCUT2D eigenvalue weighted by atomic mass is 9.99. The van der Waals surface area contributed by atoms with Crippen LogP contribution in [0.25, 0.3) is 0 Å². The number of hydrogen-bond acceptors (Lipinski definition) is 5. The molecule has 0 aliphatic carbocycles. The normalized spacial score (nSPS) is 23.0. The quantitative estimate of drug-likeness (QED) is 0.880. The van der Waals surface area contributed by atoms with Gasteiger partial charge in [-0.3, -0.25) is 0 Å². The Balaban J connectivity index is 1.23. The molecule has 27 heavy (non-hydrogen) atoms. The number of piperidine rings is 2. The number of pyridine rings is 1. The van der Waals surface area contributed by atoms with Gasteiger partial charge in [0.1, 0.15) is 5.82 Å². The number of amides is 2. The molecule has 0 unspecified atom stereocenters. The number of likely N-dealkylation sites (tertiary alicyclic amines) is 1. The van der Waals surface area contributed by atoms with Crippen LogP contribution in [0.1, 0.15) is 38.2 Å². The predicted molar refractivity (Wildman–Crippen MR) is 103 cm³/mol. The number of carbonyl (C=O) groups excluding carboxylic acids is 1. The fourth-order valence-corrected chi connectivity index (χ4v) is 4.07. The van der Waals surface area contributed by atoms with Crippen molar-refractivity contribution in [3.63, 3.8) is 0 Å². The number of hydrogen-bond donors (Lipinski definition) is 1. The minimum atomic E-state index is -0.442. The van der Waals surface area contributed by atoms with Crippen LogP contribution in [-0.4, -0.2) is 61.1 Å². The Kier molecular flexibility index (Phi) is 5.50. The molecule has 3 aliphatic rings. The maximum Gasteiger partial charge on any atom is 0.317 e. The number of aromatic nitrogens is 1. The van der Waals surface area contributed by atoms with Gasteiger partial charge < -0.3 is 24.6 Å². The van der Waals surface area contributed by atoms with E-state index in [0.717, 1.165) is 43.2 Å². The van der Waals surface area contributed by atoms with Crippen molar-refractivity contribution in [2.75, 3.05) is 44.3 Å². The first kappa shape index (κ1) is 18.5. The lowest BCUT2D eigenvalue weighted by Crippen LogP contribution is -2.50. The highest BCUT2D eigenvalue weighted by Crippen LogP contribution is 2.31. The zero-order valence-electron chi connectivity index (χ0n) is 16.2. The topological polar surface area (TPSA) is 66.9 Å². The molecule has 1 N–H and O–H groups in total. The number of carbonyl (C=O) groups is 1. The highest BCUT2D eigenvalue weighted by molar-refractivity contribution is 5.74. The molecule has 0 aromatic carbocycles. The Hall–Kier alpha value is -1.86. The Morgan fingerprint density at radius 3 is 2.52 bits per heavy atom. The molecule has 3 aliphatic heterocycles. The second-order valence-electron chi connectivity index (χ2n) is 7.95. The molecule has 1 aromatic heterocycles. The van der Waals surface area contributed by atoms with E-state index in [1.54, 1.807) is 0 Å². The number of rotatable bonds is 3. The van der Waals surface area contributed by atoms with Crippen LogP contribution < -0.4 is 10.2 Å². The van der Waals surface area contributed by atoms with Crippen molar-refractivity contribution in [2.24, 2.45) is 5.92 Å². The van der Waals surface area contributed by atoms with Gasteiger partial charge in [-0.1, -0.05) is 13.0 Å². The molecule has 2 amide bonds. The SMILES string of the molecule is CC1CCN(c2ccc(CNC(=O)N3CCC4(CC3)OCCO4)cn2)CC1. The molecule has 1 spiro atoms. The van der Waals surface area contributed by atoms with Crippen molar-refractivity contribution in [1.82, 2.24) is 15.2 Å². The summed E-state index contributed by atoms with van der Waals surface area (Å²) in [6, 6.07) is 4.10. The Labute approximate surface area is 161 Å². The third kappa shape index (κ3) is 4.35. The van der Waals surface area contributed by atoms with E-state index in [-0.39, 0.29) is 6.03 Å². The van der Waals surface area contributed by atoms with Crippen LogP contribution in [0.5, 0.6) is 0 Å². The Morgan fingerprint density at radius 2 is 1.89 bits per heavy atom. The van der Waals surface area contributed by atoms with Crippen molar-refractivity contribution in [1.29, 1.82) is 0 Å². The minimum Gasteiger partial charge on any atom is -0.357 e. The average Bonchev–Trinajstić information content (AvgIpc) is 3.16. The van der Waals surface area contributed by atoms with Crippen molar-refractivity contribution in [2.45, 2.75) is 44.9 Å². The predicted octanol–water partition coefficient (Wildman–Crippen LogP) is 2.37. The molecule has 148 valence electrons. The highest BCUT2D eigenvalue weighted by atomic mass is 16.7. The fraction of sp³-hybridized carbons (Fsp3) is 0.700. The van der Waals surface area contributed by atoms with E-state index < -0.39 is 5.79 Å². The minimum absolute atomic E-state index is 0.0306. The van der Waals surface area contributed by atoms with Gasteiger partial charge in [0.15, 0.2) is 5.79 Å². The van der Waals surface area contributed by atoms with E-state index in [9.17, 15) is 4.79 Å². The summed E-state index contributed by atoms with van der Waals surface area (Å²) in [6.07, 6.45) is 5.81. The number of nitrogens with zero attached hydrogens (tertiary/aromatic N) is 3. The summed E-state index contributed by atoms with van der Waals surface area (Å²) in [5, 5.41) is 3.00. The molecule has 1 aromatic rings. The highest BCUT2D eigenvalue weighted by Gasteiger charge is 2.40. The summed E-state index contributed by atoms with van der Waals surface area (Å²) >= 11 is 0. The maximum atomic E-state index is 12.4. The molecule has 0 radical (unpaired) electrons. The maximum absolute atomic E-state index is 12.4. The summed E-state index contributed by atoms with van der Waals surface area (Å²) in [4.78, 5) is 21.2. The van der Waals surface area contributed by atoms with Gasteiger partial charge in [0.25, 0.3) is 0 Å². The molecule has 0 saturated carbocycles. The molecule has 0 bridgehead atoms. The molecule has 7 nitrogen and oxygen atoms in total. The van der Waals surface area contributed by atoms with Crippen molar-refractivity contribution in [3.05, 3.63) is 23.9 Å². The largest absolute Gasteiger partial charge is 0.357 e. The summed E-state index contributed by atoms with van der Waals surface area (Å²) in [7, 11) is 0. The summed E-state index contributed by atoms with van der Waals surface area (Å²) in [5.74, 6) is 1.41. The van der Waals surface area contributed by atoms with Gasteiger partial charge in [0, 0.05) is 51.8 Å². The zero-order valence-corrected chi connectivity index (χ0v) is 16.2. The third-order valence-electron chi connectivity index (χ3n) is 5.99. The van der Waals surface area contributed by atoms with Crippen LogP contribution >= 0.6 is 0 Å². The van der Waals surface area contributed by atoms with Crippen LogP contribution in [0, 0.1) is 5.92 Å². The molecule has 3 saturated heterocycles. The number of urea groups is 1. The summed E-state index contributed by atoms with van der Waals surface area (Å²) in [5.41, 5.74) is 1.02. The average molecular weight is 374 g/mol. The van der Waals surface area contributed by atoms with Gasteiger partial charge in [-0.2, -0.15) is 0 Å². The third-order valence-corrected chi connectivity index (χ3v) is 5.99. The van der Waals surface area contributed by atoms with Gasteiger partial charge in [-0.15, -0.1) is 0 Å². The molecule has 3 fully saturated rings. The van der Waals surface area contributed by atoms with E-state index in [2.05, 4.69) is 34.3 Å². The monoisotopic (exact) mass is 374 g/mol. The molecular weight excluding hydrogens is 344 g/mol. The lowest BCUT2D eigenvalue weighted by Gasteiger charge is -2.37. The van der Waals surface area contributed by atoms with Crippen molar-refractivity contribution < 1.29 is 14.3 Å². The molecular formula is C20H30N4O3. The molecule has 7 heteroatoms. The van der Waals surface area contributed by atoms with Gasteiger partial charge in [0.2, 0.25) is 0 Å². The van der Waals surface area contributed by atoms with Crippen LogP contribution in [0.4, 0.5) is 10.6 Å². The fourth-order valence-electron chi connectivity index (χ4n) is 4.07. The van der Waals surface area contributed by atoms with Gasteiger partial charge in [-0.05, 0) is 30.4 Å². The van der Waals surface area contributed by atoms with Crippen molar-refractivity contribution >= 4 is 11.8 Å². The van der Waals surface area contributed by atoms with Crippen LogP contribution in [0.3, 0.4) is 0 Å². The van der Waals surface area contributed by atoms with Gasteiger partial charge >= 0.3 is 6.03 Å². The number of anilines is 1. The summed E-state index contributed by atoms with van der Waals surface area (Å²) in [6.45, 7) is 7.61. The molecule has 4 heterocycles. The van der Waals surface area contributed by atoms with E-state index in [0.29, 0.717) is 32.8 Å². The number of ether oxygens (including phenoxy) is 2. The first-order valence-electron chi connectivity index (χ1n) is 10.1. The van der Waals surface area contributed by atoms with Gasteiger partial charge in [-0.25, -0.2) is 9.78 Å². The standard InChI is InChI=1S/C20H30N4O3/c1-16-4-8-23(9-5-16)18-3-2-17(14-21-18)15-22-19(25)24-10-6-20(7-11-24)26-12-13-27-20/h2-3,14,16H,4-13,15H2,1H3,(H,22,25). The smallest absolute Gasteiger partial charge is 0.317 e. The Bertz CT molecular complexity index is 627. The first-order valence-corrected chi connectivity index (χ1v) is 10.1.